The minimum Gasteiger partial charge on any atom is -0.379 e. The topological polar surface area (TPSA) is 41.7 Å². The van der Waals surface area contributed by atoms with E-state index in [0.717, 1.165) is 25.9 Å². The van der Waals surface area contributed by atoms with Gasteiger partial charge in [0.05, 0.1) is 11.6 Å². The fourth-order valence-corrected chi connectivity index (χ4v) is 2.93. The summed E-state index contributed by atoms with van der Waals surface area (Å²) in [4.78, 5) is 4.63. The molecule has 1 fully saturated rings. The van der Waals surface area contributed by atoms with Crippen LogP contribution in [-0.4, -0.2) is 69.3 Å². The first-order valence-electron chi connectivity index (χ1n) is 6.65. The molecule has 1 saturated carbocycles. The molecule has 0 saturated heterocycles. The molecule has 102 valence electrons. The monoisotopic (exact) mass is 243 g/mol. The predicted molar refractivity (Wildman–Crippen MR) is 72.2 cm³/mol. The molecule has 17 heavy (non-hydrogen) atoms. The van der Waals surface area contributed by atoms with Crippen molar-refractivity contribution in [2.45, 2.75) is 37.3 Å². The summed E-state index contributed by atoms with van der Waals surface area (Å²) in [6, 6.07) is 0. The maximum Gasteiger partial charge on any atom is 0.0767 e. The SMILES string of the molecule is COC1CCCCC1(CN)N(C)CCN(C)C. The highest BCUT2D eigenvalue weighted by Gasteiger charge is 2.43. The van der Waals surface area contributed by atoms with Gasteiger partial charge in [0, 0.05) is 26.7 Å². The third kappa shape index (κ3) is 3.41. The van der Waals surface area contributed by atoms with E-state index in [-0.39, 0.29) is 11.6 Å². The van der Waals surface area contributed by atoms with E-state index in [1.807, 2.05) is 7.11 Å². The van der Waals surface area contributed by atoms with Gasteiger partial charge < -0.3 is 15.4 Å². The van der Waals surface area contributed by atoms with Crippen molar-refractivity contribution in [3.05, 3.63) is 0 Å². The third-order valence-corrected chi connectivity index (χ3v) is 4.21. The number of hydrogen-bond donors (Lipinski definition) is 1. The molecule has 0 amide bonds. The van der Waals surface area contributed by atoms with Crippen molar-refractivity contribution in [1.29, 1.82) is 0 Å². The molecular weight excluding hydrogens is 214 g/mol. The molecule has 4 heteroatoms. The van der Waals surface area contributed by atoms with Gasteiger partial charge in [-0.3, -0.25) is 4.90 Å². The minimum atomic E-state index is 0.0447. The first kappa shape index (κ1) is 14.9. The molecular formula is C13H29N3O. The lowest BCUT2D eigenvalue weighted by Crippen LogP contribution is -2.62. The molecule has 0 radical (unpaired) electrons. The molecule has 0 aliphatic heterocycles. The summed E-state index contributed by atoms with van der Waals surface area (Å²) < 4.78 is 5.69. The number of likely N-dealkylation sites (N-methyl/N-ethyl adjacent to an activating group) is 2. The normalized spacial score (nSPS) is 30.2. The van der Waals surface area contributed by atoms with Crippen LogP contribution in [0.2, 0.25) is 0 Å². The van der Waals surface area contributed by atoms with Gasteiger partial charge in [0.1, 0.15) is 0 Å². The Balaban J connectivity index is 2.69. The Morgan fingerprint density at radius 2 is 1.94 bits per heavy atom. The van der Waals surface area contributed by atoms with E-state index in [0.29, 0.717) is 6.54 Å². The van der Waals surface area contributed by atoms with E-state index < -0.39 is 0 Å². The van der Waals surface area contributed by atoms with Crippen LogP contribution in [0.3, 0.4) is 0 Å². The quantitative estimate of drug-likeness (QED) is 0.748. The summed E-state index contributed by atoms with van der Waals surface area (Å²) in [5.74, 6) is 0. The van der Waals surface area contributed by atoms with Crippen molar-refractivity contribution in [3.63, 3.8) is 0 Å². The molecule has 0 aromatic carbocycles. The molecule has 0 aromatic rings. The molecule has 0 bridgehead atoms. The van der Waals surface area contributed by atoms with Gasteiger partial charge in [-0.2, -0.15) is 0 Å². The molecule has 1 rings (SSSR count). The highest BCUT2D eigenvalue weighted by molar-refractivity contribution is 5.00. The fourth-order valence-electron chi connectivity index (χ4n) is 2.93. The molecule has 2 N–H and O–H groups in total. The number of rotatable bonds is 6. The lowest BCUT2D eigenvalue weighted by molar-refractivity contribution is -0.0666. The van der Waals surface area contributed by atoms with Crippen LogP contribution >= 0.6 is 0 Å². The van der Waals surface area contributed by atoms with Crippen LogP contribution in [0.15, 0.2) is 0 Å². The van der Waals surface area contributed by atoms with E-state index in [9.17, 15) is 0 Å². The van der Waals surface area contributed by atoms with Crippen LogP contribution in [0.5, 0.6) is 0 Å². The summed E-state index contributed by atoms with van der Waals surface area (Å²) >= 11 is 0. The third-order valence-electron chi connectivity index (χ3n) is 4.21. The van der Waals surface area contributed by atoms with Crippen LogP contribution in [0.4, 0.5) is 0 Å². The maximum absolute atomic E-state index is 6.08. The molecule has 0 spiro atoms. The van der Waals surface area contributed by atoms with Crippen molar-refractivity contribution in [1.82, 2.24) is 9.80 Å². The molecule has 0 heterocycles. The van der Waals surface area contributed by atoms with Crippen molar-refractivity contribution in [3.8, 4) is 0 Å². The molecule has 2 atom stereocenters. The number of ether oxygens (including phenoxy) is 1. The second kappa shape index (κ2) is 6.69. The van der Waals surface area contributed by atoms with Gasteiger partial charge in [0.15, 0.2) is 0 Å². The zero-order chi connectivity index (χ0) is 12.9. The van der Waals surface area contributed by atoms with Crippen LogP contribution in [0, 0.1) is 0 Å². The summed E-state index contributed by atoms with van der Waals surface area (Å²) in [7, 11) is 8.23. The van der Waals surface area contributed by atoms with Gasteiger partial charge in [0.2, 0.25) is 0 Å². The Bertz CT molecular complexity index is 223. The average molecular weight is 243 g/mol. The lowest BCUT2D eigenvalue weighted by Gasteiger charge is -2.49. The Hall–Kier alpha value is -0.160. The molecule has 0 aromatic heterocycles. The maximum atomic E-state index is 6.08. The lowest BCUT2D eigenvalue weighted by atomic mass is 9.77. The van der Waals surface area contributed by atoms with E-state index in [1.54, 1.807) is 0 Å². The zero-order valence-electron chi connectivity index (χ0n) is 11.9. The Morgan fingerprint density at radius 1 is 1.24 bits per heavy atom. The Labute approximate surface area is 106 Å². The van der Waals surface area contributed by atoms with Gasteiger partial charge in [0.25, 0.3) is 0 Å². The van der Waals surface area contributed by atoms with E-state index in [2.05, 4.69) is 30.9 Å². The summed E-state index contributed by atoms with van der Waals surface area (Å²) in [5.41, 5.74) is 6.12. The van der Waals surface area contributed by atoms with Crippen LogP contribution in [-0.2, 0) is 4.74 Å². The Kier molecular flexibility index (Phi) is 5.86. The highest BCUT2D eigenvalue weighted by Crippen LogP contribution is 2.34. The van der Waals surface area contributed by atoms with Gasteiger partial charge in [-0.15, -0.1) is 0 Å². The summed E-state index contributed by atoms with van der Waals surface area (Å²) in [5, 5.41) is 0. The van der Waals surface area contributed by atoms with Crippen molar-refractivity contribution in [2.75, 3.05) is 47.9 Å². The van der Waals surface area contributed by atoms with Crippen molar-refractivity contribution in [2.24, 2.45) is 5.73 Å². The first-order valence-corrected chi connectivity index (χ1v) is 6.65. The van der Waals surface area contributed by atoms with Crippen LogP contribution in [0.1, 0.15) is 25.7 Å². The minimum absolute atomic E-state index is 0.0447. The number of hydrogen-bond acceptors (Lipinski definition) is 4. The van der Waals surface area contributed by atoms with E-state index in [4.69, 9.17) is 10.5 Å². The Morgan fingerprint density at radius 3 is 2.47 bits per heavy atom. The standard InChI is InChI=1S/C13H29N3O/c1-15(2)9-10-16(3)13(11-14)8-6-5-7-12(13)17-4/h12H,5-11,14H2,1-4H3. The molecule has 1 aliphatic rings. The van der Waals surface area contributed by atoms with Crippen LogP contribution < -0.4 is 5.73 Å². The predicted octanol–water partition coefficient (Wildman–Crippen LogP) is 0.766. The number of nitrogens with two attached hydrogens (primary N) is 1. The fraction of sp³-hybridized carbons (Fsp3) is 1.00. The smallest absolute Gasteiger partial charge is 0.0767 e. The first-order chi connectivity index (χ1) is 8.06. The summed E-state index contributed by atoms with van der Waals surface area (Å²) in [6.07, 6.45) is 5.12. The zero-order valence-corrected chi connectivity index (χ0v) is 11.9. The van der Waals surface area contributed by atoms with Crippen molar-refractivity contribution < 1.29 is 4.74 Å². The largest absolute Gasteiger partial charge is 0.379 e. The highest BCUT2D eigenvalue weighted by atomic mass is 16.5. The average Bonchev–Trinajstić information content (AvgIpc) is 2.35. The van der Waals surface area contributed by atoms with Gasteiger partial charge >= 0.3 is 0 Å². The van der Waals surface area contributed by atoms with E-state index >= 15 is 0 Å². The number of methoxy groups -OCH3 is 1. The van der Waals surface area contributed by atoms with Gasteiger partial charge in [-0.1, -0.05) is 12.8 Å². The second-order valence-corrected chi connectivity index (χ2v) is 5.50. The van der Waals surface area contributed by atoms with E-state index in [1.165, 1.54) is 12.8 Å². The van der Waals surface area contributed by atoms with Gasteiger partial charge in [-0.05, 0) is 34.0 Å². The molecule has 2 unspecified atom stereocenters. The summed E-state index contributed by atoms with van der Waals surface area (Å²) in [6.45, 7) is 2.80. The molecule has 1 aliphatic carbocycles. The van der Waals surface area contributed by atoms with Crippen molar-refractivity contribution >= 4 is 0 Å². The van der Waals surface area contributed by atoms with Gasteiger partial charge in [-0.25, -0.2) is 0 Å². The van der Waals surface area contributed by atoms with Crippen LogP contribution in [0.25, 0.3) is 0 Å². The molecule has 4 nitrogen and oxygen atoms in total. The second-order valence-electron chi connectivity index (χ2n) is 5.50. The number of nitrogens with zero attached hydrogens (tertiary/aromatic N) is 2.